The Labute approximate surface area is 210 Å². The molecule has 7 heteroatoms. The summed E-state index contributed by atoms with van der Waals surface area (Å²) in [4.78, 5) is 22.2. The molecule has 2 fully saturated rings. The number of hydrogen-bond donors (Lipinski definition) is 1. The SMILES string of the molecule is CC1CN(C(=O)[C@@H]2CN(c3ccccn3)C[C@H]2c2ccc(F)cc2F)CC(C)C1(O)c1ccccc1. The maximum atomic E-state index is 14.9. The number of nitrogens with zero attached hydrogens (tertiary/aromatic N) is 3. The van der Waals surface area contributed by atoms with Crippen LogP contribution >= 0.6 is 0 Å². The molecule has 2 aliphatic rings. The predicted molar refractivity (Wildman–Crippen MR) is 134 cm³/mol. The van der Waals surface area contributed by atoms with E-state index in [1.165, 1.54) is 12.1 Å². The van der Waals surface area contributed by atoms with E-state index in [4.69, 9.17) is 0 Å². The van der Waals surface area contributed by atoms with E-state index in [2.05, 4.69) is 4.98 Å². The number of anilines is 1. The summed E-state index contributed by atoms with van der Waals surface area (Å²) < 4.78 is 28.6. The molecule has 36 heavy (non-hydrogen) atoms. The van der Waals surface area contributed by atoms with E-state index in [1.807, 2.05) is 72.2 Å². The van der Waals surface area contributed by atoms with Gasteiger partial charge in [0.05, 0.1) is 11.5 Å². The molecule has 4 atom stereocenters. The van der Waals surface area contributed by atoms with Gasteiger partial charge in [0.1, 0.15) is 17.5 Å². The van der Waals surface area contributed by atoms with Gasteiger partial charge in [0.25, 0.3) is 0 Å². The van der Waals surface area contributed by atoms with Crippen LogP contribution in [0, 0.1) is 29.4 Å². The van der Waals surface area contributed by atoms with Gasteiger partial charge in [-0.05, 0) is 29.3 Å². The Bertz CT molecular complexity index is 1210. The summed E-state index contributed by atoms with van der Waals surface area (Å²) in [6.07, 6.45) is 1.69. The fraction of sp³-hybridized carbons (Fsp3) is 0.379. The van der Waals surface area contributed by atoms with Crippen LogP contribution in [0.3, 0.4) is 0 Å². The maximum Gasteiger partial charge on any atom is 0.228 e. The van der Waals surface area contributed by atoms with Crippen molar-refractivity contribution in [2.24, 2.45) is 17.8 Å². The number of hydrogen-bond acceptors (Lipinski definition) is 4. The molecule has 3 aromatic rings. The molecule has 2 unspecified atom stereocenters. The first-order valence-electron chi connectivity index (χ1n) is 12.5. The minimum Gasteiger partial charge on any atom is -0.384 e. The average Bonchev–Trinajstić information content (AvgIpc) is 3.32. The summed E-state index contributed by atoms with van der Waals surface area (Å²) >= 11 is 0. The maximum absolute atomic E-state index is 14.9. The first kappa shape index (κ1) is 24.4. The molecule has 5 nitrogen and oxygen atoms in total. The minimum atomic E-state index is -1.05. The second-order valence-electron chi connectivity index (χ2n) is 10.2. The highest BCUT2D eigenvalue weighted by molar-refractivity contribution is 5.82. The van der Waals surface area contributed by atoms with Crippen LogP contribution in [-0.4, -0.2) is 47.1 Å². The van der Waals surface area contributed by atoms with Gasteiger partial charge < -0.3 is 14.9 Å². The molecule has 2 saturated heterocycles. The van der Waals surface area contributed by atoms with E-state index >= 15 is 0 Å². The Hall–Kier alpha value is -3.32. The zero-order chi connectivity index (χ0) is 25.4. The number of carbonyl (C=O) groups excluding carboxylic acids is 1. The molecule has 0 radical (unpaired) electrons. The van der Waals surface area contributed by atoms with Crippen molar-refractivity contribution < 1.29 is 18.7 Å². The lowest BCUT2D eigenvalue weighted by Crippen LogP contribution is -2.57. The van der Waals surface area contributed by atoms with E-state index < -0.39 is 29.1 Å². The number of piperidine rings is 1. The number of rotatable bonds is 4. The standard InChI is InChI=1S/C29H31F2N3O2/c1-19-15-34(16-20(2)29(19,36)21-8-4-3-5-9-21)28(35)25-18-33(27-10-6-7-13-32-27)17-24(25)23-12-11-22(30)14-26(23)31/h3-14,19-20,24-25,36H,15-18H2,1-2H3/t19?,20?,24-,25+,29?/m0/s1. The summed E-state index contributed by atoms with van der Waals surface area (Å²) in [5.41, 5.74) is 0.147. The molecule has 0 saturated carbocycles. The fourth-order valence-electron chi connectivity index (χ4n) is 6.09. The van der Waals surface area contributed by atoms with Crippen molar-refractivity contribution in [2.75, 3.05) is 31.1 Å². The zero-order valence-electron chi connectivity index (χ0n) is 20.5. The molecule has 1 N–H and O–H groups in total. The van der Waals surface area contributed by atoms with Crippen LogP contribution in [0.25, 0.3) is 0 Å². The molecule has 1 amide bonds. The molecule has 2 aliphatic heterocycles. The second kappa shape index (κ2) is 9.62. The topological polar surface area (TPSA) is 56.7 Å². The van der Waals surface area contributed by atoms with Crippen molar-refractivity contribution in [1.82, 2.24) is 9.88 Å². The first-order chi connectivity index (χ1) is 17.3. The monoisotopic (exact) mass is 491 g/mol. The van der Waals surface area contributed by atoms with Crippen molar-refractivity contribution in [1.29, 1.82) is 0 Å². The summed E-state index contributed by atoms with van der Waals surface area (Å²) in [7, 11) is 0. The van der Waals surface area contributed by atoms with E-state index in [1.54, 1.807) is 6.20 Å². The van der Waals surface area contributed by atoms with Gasteiger partial charge in [-0.25, -0.2) is 13.8 Å². The third-order valence-corrected chi connectivity index (χ3v) is 8.01. The lowest BCUT2D eigenvalue weighted by atomic mass is 9.70. The van der Waals surface area contributed by atoms with Gasteiger partial charge >= 0.3 is 0 Å². The highest BCUT2D eigenvalue weighted by Gasteiger charge is 2.49. The highest BCUT2D eigenvalue weighted by atomic mass is 19.1. The van der Waals surface area contributed by atoms with Crippen LogP contribution in [0.15, 0.2) is 72.9 Å². The number of pyridine rings is 1. The Morgan fingerprint density at radius 2 is 1.64 bits per heavy atom. The van der Waals surface area contributed by atoms with Crippen molar-refractivity contribution in [3.8, 4) is 0 Å². The summed E-state index contributed by atoms with van der Waals surface area (Å²) in [6.45, 7) is 5.52. The molecule has 2 aromatic carbocycles. The van der Waals surface area contributed by atoms with Gasteiger partial charge in [0.15, 0.2) is 0 Å². The molecule has 188 valence electrons. The lowest BCUT2D eigenvalue weighted by Gasteiger charge is -2.48. The molecular weight excluding hydrogens is 460 g/mol. The number of benzene rings is 2. The van der Waals surface area contributed by atoms with Crippen LogP contribution in [0.2, 0.25) is 0 Å². The van der Waals surface area contributed by atoms with Crippen LogP contribution < -0.4 is 4.90 Å². The lowest BCUT2D eigenvalue weighted by molar-refractivity contribution is -0.152. The fourth-order valence-corrected chi connectivity index (χ4v) is 6.09. The second-order valence-corrected chi connectivity index (χ2v) is 10.2. The quantitative estimate of drug-likeness (QED) is 0.581. The van der Waals surface area contributed by atoms with Crippen molar-refractivity contribution in [3.05, 3.63) is 95.7 Å². The van der Waals surface area contributed by atoms with Gasteiger partial charge in [-0.3, -0.25) is 4.79 Å². The number of halogens is 2. The smallest absolute Gasteiger partial charge is 0.228 e. The summed E-state index contributed by atoms with van der Waals surface area (Å²) in [5, 5.41) is 11.7. The Kier molecular flexibility index (Phi) is 6.51. The van der Waals surface area contributed by atoms with Crippen molar-refractivity contribution in [3.63, 3.8) is 0 Å². The summed E-state index contributed by atoms with van der Waals surface area (Å²) in [5.74, 6) is -1.98. The van der Waals surface area contributed by atoms with Gasteiger partial charge in [0, 0.05) is 56.2 Å². The number of likely N-dealkylation sites (tertiary alicyclic amines) is 1. The highest BCUT2D eigenvalue weighted by Crippen LogP contribution is 2.43. The van der Waals surface area contributed by atoms with Gasteiger partial charge in [-0.15, -0.1) is 0 Å². The minimum absolute atomic E-state index is 0.0732. The van der Waals surface area contributed by atoms with Gasteiger partial charge in [-0.1, -0.05) is 56.3 Å². The third kappa shape index (κ3) is 4.26. The third-order valence-electron chi connectivity index (χ3n) is 8.01. The van der Waals surface area contributed by atoms with Crippen LogP contribution in [0.4, 0.5) is 14.6 Å². The molecule has 0 spiro atoms. The van der Waals surface area contributed by atoms with E-state index in [9.17, 15) is 18.7 Å². The zero-order valence-corrected chi connectivity index (χ0v) is 20.5. The number of aromatic nitrogens is 1. The van der Waals surface area contributed by atoms with E-state index in [0.29, 0.717) is 31.7 Å². The molecular formula is C29H31F2N3O2. The van der Waals surface area contributed by atoms with Gasteiger partial charge in [-0.2, -0.15) is 0 Å². The number of aliphatic hydroxyl groups is 1. The molecule has 0 aliphatic carbocycles. The normalized spacial score (nSPS) is 28.4. The Balaban J connectivity index is 1.43. The summed E-state index contributed by atoms with van der Waals surface area (Å²) in [6, 6.07) is 18.8. The van der Waals surface area contributed by atoms with Crippen molar-refractivity contribution >= 4 is 11.7 Å². The Morgan fingerprint density at radius 3 is 2.28 bits per heavy atom. The van der Waals surface area contributed by atoms with Crippen LogP contribution in [0.1, 0.15) is 30.9 Å². The largest absolute Gasteiger partial charge is 0.384 e. The predicted octanol–water partition coefficient (Wildman–Crippen LogP) is 4.58. The number of amides is 1. The molecule has 0 bridgehead atoms. The van der Waals surface area contributed by atoms with E-state index in [-0.39, 0.29) is 17.7 Å². The van der Waals surface area contributed by atoms with E-state index in [0.717, 1.165) is 17.4 Å². The average molecular weight is 492 g/mol. The Morgan fingerprint density at radius 1 is 0.944 bits per heavy atom. The molecule has 1 aromatic heterocycles. The van der Waals surface area contributed by atoms with Crippen LogP contribution in [-0.2, 0) is 10.4 Å². The first-order valence-corrected chi connectivity index (χ1v) is 12.5. The number of carbonyl (C=O) groups is 1. The van der Waals surface area contributed by atoms with Crippen molar-refractivity contribution in [2.45, 2.75) is 25.4 Å². The molecule has 3 heterocycles. The van der Waals surface area contributed by atoms with Gasteiger partial charge in [0.2, 0.25) is 5.91 Å². The molecule has 5 rings (SSSR count). The van der Waals surface area contributed by atoms with Crippen LogP contribution in [0.5, 0.6) is 0 Å².